The number of oxazole rings is 1. The number of nitrogens with zero attached hydrogens (tertiary/aromatic N) is 2. The molecule has 4 rings (SSSR count). The maximum atomic E-state index is 11.9. The van der Waals surface area contributed by atoms with Crippen molar-refractivity contribution in [2.24, 2.45) is 0 Å². The summed E-state index contributed by atoms with van der Waals surface area (Å²) in [5.74, 6) is 1.03. The molecule has 0 aliphatic carbocycles. The van der Waals surface area contributed by atoms with Crippen LogP contribution in [-0.2, 0) is 13.0 Å². The van der Waals surface area contributed by atoms with Gasteiger partial charge in [0, 0.05) is 24.3 Å². The van der Waals surface area contributed by atoms with E-state index in [1.807, 2.05) is 49.6 Å². The summed E-state index contributed by atoms with van der Waals surface area (Å²) < 4.78 is 17.8. The Balaban J connectivity index is 0.00000225. The molecular formula is C21H21ClN2O4. The molecule has 0 radical (unpaired) electrons. The lowest BCUT2D eigenvalue weighted by molar-refractivity contribution is 0.356. The van der Waals surface area contributed by atoms with Crippen LogP contribution in [0.25, 0.3) is 21.9 Å². The van der Waals surface area contributed by atoms with Crippen molar-refractivity contribution in [1.82, 2.24) is 9.55 Å². The molecule has 28 heavy (non-hydrogen) atoms. The Hall–Kier alpha value is -2.99. The molecule has 0 fully saturated rings. The van der Waals surface area contributed by atoms with Gasteiger partial charge in [0.2, 0.25) is 0 Å². The Morgan fingerprint density at radius 1 is 1.07 bits per heavy atom. The van der Waals surface area contributed by atoms with E-state index in [1.165, 1.54) is 0 Å². The summed E-state index contributed by atoms with van der Waals surface area (Å²) in [7, 11) is 3.24. The maximum Gasteiger partial charge on any atom is 0.419 e. The van der Waals surface area contributed by atoms with Crippen molar-refractivity contribution in [3.05, 3.63) is 64.4 Å². The number of rotatable bonds is 5. The molecule has 0 spiro atoms. The van der Waals surface area contributed by atoms with Gasteiger partial charge in [0.05, 0.1) is 19.7 Å². The second-order valence-corrected chi connectivity index (χ2v) is 6.32. The zero-order valence-corrected chi connectivity index (χ0v) is 16.7. The highest BCUT2D eigenvalue weighted by atomic mass is 35.5. The lowest BCUT2D eigenvalue weighted by Gasteiger charge is -2.12. The molecule has 0 bridgehead atoms. The van der Waals surface area contributed by atoms with Gasteiger partial charge in [0.1, 0.15) is 0 Å². The topological polar surface area (TPSA) is 66.5 Å². The van der Waals surface area contributed by atoms with Crippen LogP contribution in [0, 0.1) is 0 Å². The SMILES string of the molecule is CCn1c(=O)oc2cc(Cc3cncc4cc(OC)c(OC)cc34)ccc21.Cl. The van der Waals surface area contributed by atoms with E-state index in [0.29, 0.717) is 30.0 Å². The van der Waals surface area contributed by atoms with E-state index in [-0.39, 0.29) is 18.2 Å². The normalized spacial score (nSPS) is 10.8. The van der Waals surface area contributed by atoms with Crippen LogP contribution in [0.4, 0.5) is 0 Å². The molecule has 7 heteroatoms. The fraction of sp³-hybridized carbons (Fsp3) is 0.238. The Morgan fingerprint density at radius 2 is 1.82 bits per heavy atom. The van der Waals surface area contributed by atoms with Crippen molar-refractivity contribution < 1.29 is 13.9 Å². The first kappa shape index (κ1) is 19.8. The second kappa shape index (κ2) is 7.94. The summed E-state index contributed by atoms with van der Waals surface area (Å²) in [5.41, 5.74) is 3.52. The number of hydrogen-bond donors (Lipinski definition) is 0. The molecule has 0 N–H and O–H groups in total. The van der Waals surface area contributed by atoms with Gasteiger partial charge in [-0.05, 0) is 54.1 Å². The van der Waals surface area contributed by atoms with E-state index in [2.05, 4.69) is 4.98 Å². The van der Waals surface area contributed by atoms with Crippen LogP contribution in [0.2, 0.25) is 0 Å². The third kappa shape index (κ3) is 3.31. The molecule has 0 aliphatic rings. The van der Waals surface area contributed by atoms with Crippen LogP contribution >= 0.6 is 12.4 Å². The standard InChI is InChI=1S/C21H20N2O4.ClH/c1-4-23-17-6-5-13(8-18(17)27-21(23)24)7-14-11-22-12-15-9-19(25-2)20(26-3)10-16(14)15;/h5-6,8-12H,4,7H2,1-3H3;1H. The van der Waals surface area contributed by atoms with Crippen LogP contribution in [0.3, 0.4) is 0 Å². The average Bonchev–Trinajstić information content (AvgIpc) is 3.01. The third-order valence-corrected chi connectivity index (χ3v) is 4.79. The highest BCUT2D eigenvalue weighted by molar-refractivity contribution is 5.88. The number of aryl methyl sites for hydroxylation is 1. The number of halogens is 1. The molecule has 0 saturated carbocycles. The maximum absolute atomic E-state index is 11.9. The molecule has 2 aromatic heterocycles. The summed E-state index contributed by atoms with van der Waals surface area (Å²) in [4.78, 5) is 16.3. The van der Waals surface area contributed by atoms with E-state index in [9.17, 15) is 4.79 Å². The van der Waals surface area contributed by atoms with Gasteiger partial charge in [0.15, 0.2) is 17.1 Å². The summed E-state index contributed by atoms with van der Waals surface area (Å²) in [6.07, 6.45) is 4.33. The fourth-order valence-corrected chi connectivity index (χ4v) is 3.44. The minimum Gasteiger partial charge on any atom is -0.493 e. The van der Waals surface area contributed by atoms with Gasteiger partial charge >= 0.3 is 5.76 Å². The molecular weight excluding hydrogens is 380 g/mol. The predicted molar refractivity (Wildman–Crippen MR) is 111 cm³/mol. The number of hydrogen-bond acceptors (Lipinski definition) is 5. The van der Waals surface area contributed by atoms with Gasteiger partial charge in [-0.3, -0.25) is 9.55 Å². The minimum absolute atomic E-state index is 0. The van der Waals surface area contributed by atoms with Crippen molar-refractivity contribution >= 4 is 34.3 Å². The van der Waals surface area contributed by atoms with Gasteiger partial charge in [-0.1, -0.05) is 6.07 Å². The van der Waals surface area contributed by atoms with Gasteiger partial charge < -0.3 is 13.9 Å². The molecule has 0 amide bonds. The molecule has 4 aromatic rings. The highest BCUT2D eigenvalue weighted by Gasteiger charge is 2.12. The third-order valence-electron chi connectivity index (χ3n) is 4.79. The zero-order valence-electron chi connectivity index (χ0n) is 15.9. The number of methoxy groups -OCH3 is 2. The lowest BCUT2D eigenvalue weighted by Crippen LogP contribution is -2.11. The highest BCUT2D eigenvalue weighted by Crippen LogP contribution is 2.34. The van der Waals surface area contributed by atoms with Crippen molar-refractivity contribution in [1.29, 1.82) is 0 Å². The lowest BCUT2D eigenvalue weighted by atomic mass is 10.00. The number of aromatic nitrogens is 2. The van der Waals surface area contributed by atoms with Crippen molar-refractivity contribution in [3.63, 3.8) is 0 Å². The van der Waals surface area contributed by atoms with Gasteiger partial charge in [0.25, 0.3) is 0 Å². The van der Waals surface area contributed by atoms with Crippen LogP contribution in [0.5, 0.6) is 11.5 Å². The Morgan fingerprint density at radius 3 is 2.54 bits per heavy atom. The van der Waals surface area contributed by atoms with Gasteiger partial charge in [-0.2, -0.15) is 0 Å². The second-order valence-electron chi connectivity index (χ2n) is 6.32. The predicted octanol–water partition coefficient (Wildman–Crippen LogP) is 4.19. The molecule has 2 heterocycles. The molecule has 0 atom stereocenters. The van der Waals surface area contributed by atoms with Gasteiger partial charge in [-0.25, -0.2) is 4.79 Å². The van der Waals surface area contributed by atoms with E-state index < -0.39 is 0 Å². The van der Waals surface area contributed by atoms with E-state index in [1.54, 1.807) is 18.8 Å². The summed E-state index contributed by atoms with van der Waals surface area (Å²) in [6.45, 7) is 2.51. The number of ether oxygens (including phenoxy) is 2. The van der Waals surface area contributed by atoms with Crippen molar-refractivity contribution in [3.8, 4) is 11.5 Å². The summed E-state index contributed by atoms with van der Waals surface area (Å²) >= 11 is 0. The largest absolute Gasteiger partial charge is 0.493 e. The van der Waals surface area contributed by atoms with E-state index in [0.717, 1.165) is 27.4 Å². The molecule has 2 aromatic carbocycles. The Kier molecular flexibility index (Phi) is 5.61. The molecule has 0 aliphatic heterocycles. The number of pyridine rings is 1. The molecule has 6 nitrogen and oxygen atoms in total. The zero-order chi connectivity index (χ0) is 19.0. The van der Waals surface area contributed by atoms with Crippen molar-refractivity contribution in [2.45, 2.75) is 19.9 Å². The number of fused-ring (bicyclic) bond motifs is 2. The molecule has 0 unspecified atom stereocenters. The summed E-state index contributed by atoms with van der Waals surface area (Å²) in [5, 5.41) is 2.03. The monoisotopic (exact) mass is 400 g/mol. The van der Waals surface area contributed by atoms with Crippen LogP contribution in [0.15, 0.2) is 51.9 Å². The molecule has 146 valence electrons. The van der Waals surface area contributed by atoms with Crippen LogP contribution < -0.4 is 15.2 Å². The first-order valence-corrected chi connectivity index (χ1v) is 8.75. The van der Waals surface area contributed by atoms with Crippen LogP contribution in [0.1, 0.15) is 18.1 Å². The van der Waals surface area contributed by atoms with Gasteiger partial charge in [-0.15, -0.1) is 12.4 Å². The smallest absolute Gasteiger partial charge is 0.419 e. The van der Waals surface area contributed by atoms with Crippen LogP contribution in [-0.4, -0.2) is 23.8 Å². The number of benzene rings is 2. The summed E-state index contributed by atoms with van der Waals surface area (Å²) in [6, 6.07) is 9.76. The Labute approximate surface area is 168 Å². The van der Waals surface area contributed by atoms with Crippen molar-refractivity contribution in [2.75, 3.05) is 14.2 Å². The first-order chi connectivity index (χ1) is 13.1. The fourth-order valence-electron chi connectivity index (χ4n) is 3.44. The molecule has 0 saturated heterocycles. The first-order valence-electron chi connectivity index (χ1n) is 8.75. The minimum atomic E-state index is -0.326. The van der Waals surface area contributed by atoms with E-state index >= 15 is 0 Å². The van der Waals surface area contributed by atoms with E-state index in [4.69, 9.17) is 13.9 Å². The Bertz CT molecular complexity index is 1200. The quantitative estimate of drug-likeness (QED) is 0.502. The average molecular weight is 401 g/mol.